The summed E-state index contributed by atoms with van der Waals surface area (Å²) in [5.41, 5.74) is 0.495. The lowest BCUT2D eigenvalue weighted by atomic mass is 10.2. The van der Waals surface area contributed by atoms with Gasteiger partial charge < -0.3 is 4.74 Å². The van der Waals surface area contributed by atoms with Crippen molar-refractivity contribution in [1.82, 2.24) is 0 Å². The van der Waals surface area contributed by atoms with Gasteiger partial charge in [-0.1, -0.05) is 24.9 Å². The van der Waals surface area contributed by atoms with Crippen molar-refractivity contribution in [3.05, 3.63) is 28.8 Å². The van der Waals surface area contributed by atoms with Gasteiger partial charge in [-0.15, -0.1) is 0 Å². The second kappa shape index (κ2) is 5.66. The molecule has 0 atom stereocenters. The lowest BCUT2D eigenvalue weighted by molar-refractivity contribution is 0.112. The normalized spacial score (nSPS) is 9.86. The lowest BCUT2D eigenvalue weighted by Gasteiger charge is -2.05. The van der Waals surface area contributed by atoms with Crippen molar-refractivity contribution in [3.8, 4) is 5.75 Å². The highest BCUT2D eigenvalue weighted by Gasteiger charge is 2.00. The van der Waals surface area contributed by atoms with E-state index in [2.05, 4.69) is 6.92 Å². The molecule has 0 fully saturated rings. The van der Waals surface area contributed by atoms with Crippen LogP contribution in [0.15, 0.2) is 18.2 Å². The van der Waals surface area contributed by atoms with Gasteiger partial charge in [0, 0.05) is 5.56 Å². The van der Waals surface area contributed by atoms with Crippen LogP contribution in [0.4, 0.5) is 0 Å². The van der Waals surface area contributed by atoms with Crippen molar-refractivity contribution in [2.24, 2.45) is 0 Å². The number of rotatable bonds is 5. The van der Waals surface area contributed by atoms with Gasteiger partial charge in [0.1, 0.15) is 5.75 Å². The number of carbonyl (C=O) groups excluding carboxylic acids is 1. The molecule has 1 rings (SSSR count). The molecule has 0 saturated heterocycles. The Balaban J connectivity index is 2.62. The van der Waals surface area contributed by atoms with Gasteiger partial charge in [0.05, 0.1) is 11.6 Å². The highest BCUT2D eigenvalue weighted by Crippen LogP contribution is 2.21. The maximum Gasteiger partial charge on any atom is 0.151 e. The molecule has 0 radical (unpaired) electrons. The Labute approximate surface area is 88.8 Å². The largest absolute Gasteiger partial charge is 0.494 e. The number of halogens is 1. The minimum atomic E-state index is 0.439. The number of hydrogen-bond donors (Lipinski definition) is 0. The fraction of sp³-hybridized carbons (Fsp3) is 0.364. The van der Waals surface area contributed by atoms with Crippen LogP contribution in [0.25, 0.3) is 0 Å². The highest BCUT2D eigenvalue weighted by atomic mass is 35.5. The van der Waals surface area contributed by atoms with Crippen molar-refractivity contribution in [1.29, 1.82) is 0 Å². The summed E-state index contributed by atoms with van der Waals surface area (Å²) in [7, 11) is 0. The average molecular weight is 213 g/mol. The Morgan fingerprint density at radius 2 is 2.29 bits per heavy atom. The van der Waals surface area contributed by atoms with Gasteiger partial charge in [0.2, 0.25) is 0 Å². The van der Waals surface area contributed by atoms with Crippen molar-refractivity contribution in [2.75, 3.05) is 6.61 Å². The molecule has 3 heteroatoms. The zero-order valence-electron chi connectivity index (χ0n) is 8.13. The molecule has 0 aromatic heterocycles. The Bertz CT molecular complexity index is 310. The SMILES string of the molecule is CCCCOc1ccc(C=O)c(Cl)c1. The Morgan fingerprint density at radius 1 is 1.50 bits per heavy atom. The predicted molar refractivity (Wildman–Crippen MR) is 57.2 cm³/mol. The van der Waals surface area contributed by atoms with E-state index in [9.17, 15) is 4.79 Å². The number of ether oxygens (including phenoxy) is 1. The minimum absolute atomic E-state index is 0.439. The zero-order chi connectivity index (χ0) is 10.4. The van der Waals surface area contributed by atoms with Gasteiger partial charge in [-0.2, -0.15) is 0 Å². The molecule has 2 nitrogen and oxygen atoms in total. The Hall–Kier alpha value is -1.02. The molecule has 0 amide bonds. The fourth-order valence-electron chi connectivity index (χ4n) is 1.03. The van der Waals surface area contributed by atoms with Gasteiger partial charge in [-0.05, 0) is 24.6 Å². The van der Waals surface area contributed by atoms with E-state index in [4.69, 9.17) is 16.3 Å². The van der Waals surface area contributed by atoms with Crippen LogP contribution in [0.5, 0.6) is 5.75 Å². The first-order valence-corrected chi connectivity index (χ1v) is 5.03. The third-order valence-electron chi connectivity index (χ3n) is 1.87. The van der Waals surface area contributed by atoms with Crippen LogP contribution in [-0.2, 0) is 0 Å². The number of aldehydes is 1. The molecule has 0 unspecified atom stereocenters. The van der Waals surface area contributed by atoms with E-state index < -0.39 is 0 Å². The van der Waals surface area contributed by atoms with Crippen LogP contribution in [0.2, 0.25) is 5.02 Å². The van der Waals surface area contributed by atoms with E-state index in [1.54, 1.807) is 18.2 Å². The molecule has 0 bridgehead atoms. The van der Waals surface area contributed by atoms with Crippen LogP contribution in [0, 0.1) is 0 Å². The molecule has 0 spiro atoms. The van der Waals surface area contributed by atoms with Gasteiger partial charge in [-0.25, -0.2) is 0 Å². The second-order valence-corrected chi connectivity index (χ2v) is 3.41. The number of carbonyl (C=O) groups is 1. The van der Waals surface area contributed by atoms with Crippen molar-refractivity contribution < 1.29 is 9.53 Å². The summed E-state index contributed by atoms with van der Waals surface area (Å²) in [6.45, 7) is 2.79. The molecule has 14 heavy (non-hydrogen) atoms. The molecule has 1 aromatic carbocycles. The van der Waals surface area contributed by atoms with E-state index in [0.717, 1.165) is 19.1 Å². The Morgan fingerprint density at radius 3 is 2.86 bits per heavy atom. The third kappa shape index (κ3) is 3.04. The molecule has 0 aliphatic carbocycles. The van der Waals surface area contributed by atoms with E-state index in [0.29, 0.717) is 22.9 Å². The zero-order valence-corrected chi connectivity index (χ0v) is 8.88. The van der Waals surface area contributed by atoms with Crippen LogP contribution < -0.4 is 4.74 Å². The van der Waals surface area contributed by atoms with Gasteiger partial charge in [0.15, 0.2) is 6.29 Å². The van der Waals surface area contributed by atoms with Crippen LogP contribution >= 0.6 is 11.6 Å². The summed E-state index contributed by atoms with van der Waals surface area (Å²) in [6, 6.07) is 5.09. The van der Waals surface area contributed by atoms with Crippen molar-refractivity contribution in [3.63, 3.8) is 0 Å². The lowest BCUT2D eigenvalue weighted by Crippen LogP contribution is -1.96. The van der Waals surface area contributed by atoms with Crippen molar-refractivity contribution in [2.45, 2.75) is 19.8 Å². The van der Waals surface area contributed by atoms with Crippen LogP contribution in [0.1, 0.15) is 30.1 Å². The Kier molecular flexibility index (Phi) is 4.47. The summed E-state index contributed by atoms with van der Waals surface area (Å²) >= 11 is 5.83. The second-order valence-electron chi connectivity index (χ2n) is 3.00. The highest BCUT2D eigenvalue weighted by molar-refractivity contribution is 6.33. The van der Waals surface area contributed by atoms with E-state index in [-0.39, 0.29) is 0 Å². The summed E-state index contributed by atoms with van der Waals surface area (Å²) in [4.78, 5) is 10.5. The van der Waals surface area contributed by atoms with Gasteiger partial charge >= 0.3 is 0 Å². The van der Waals surface area contributed by atoms with Gasteiger partial charge in [-0.3, -0.25) is 4.79 Å². The molecule has 1 aromatic rings. The molecule has 0 aliphatic rings. The van der Waals surface area contributed by atoms with Crippen LogP contribution in [-0.4, -0.2) is 12.9 Å². The maximum atomic E-state index is 10.5. The standard InChI is InChI=1S/C11H13ClO2/c1-2-3-6-14-10-5-4-9(8-13)11(12)7-10/h4-5,7-8H,2-3,6H2,1H3. The maximum absolute atomic E-state index is 10.5. The predicted octanol–water partition coefficient (Wildman–Crippen LogP) is 3.33. The smallest absolute Gasteiger partial charge is 0.151 e. The number of unbranched alkanes of at least 4 members (excludes halogenated alkanes) is 1. The first-order valence-electron chi connectivity index (χ1n) is 4.65. The summed E-state index contributed by atoms with van der Waals surface area (Å²) in [6.07, 6.45) is 2.85. The molecule has 76 valence electrons. The molecule has 0 aliphatic heterocycles. The molecule has 0 heterocycles. The summed E-state index contributed by atoms with van der Waals surface area (Å²) in [5.74, 6) is 0.717. The third-order valence-corrected chi connectivity index (χ3v) is 2.19. The monoisotopic (exact) mass is 212 g/mol. The fourth-order valence-corrected chi connectivity index (χ4v) is 1.24. The summed E-state index contributed by atoms with van der Waals surface area (Å²) < 4.78 is 5.43. The van der Waals surface area contributed by atoms with Crippen LogP contribution in [0.3, 0.4) is 0 Å². The van der Waals surface area contributed by atoms with E-state index in [1.165, 1.54) is 0 Å². The van der Waals surface area contributed by atoms with Crippen molar-refractivity contribution >= 4 is 17.9 Å². The molecular formula is C11H13ClO2. The molecule has 0 saturated carbocycles. The first-order chi connectivity index (χ1) is 6.77. The number of hydrogen-bond acceptors (Lipinski definition) is 2. The summed E-state index contributed by atoms with van der Waals surface area (Å²) in [5, 5.41) is 0.439. The van der Waals surface area contributed by atoms with E-state index in [1.807, 2.05) is 0 Å². The van der Waals surface area contributed by atoms with E-state index >= 15 is 0 Å². The quantitative estimate of drug-likeness (QED) is 0.553. The minimum Gasteiger partial charge on any atom is -0.494 e. The van der Waals surface area contributed by atoms with Gasteiger partial charge in [0.25, 0.3) is 0 Å². The topological polar surface area (TPSA) is 26.3 Å². The average Bonchev–Trinajstić information content (AvgIpc) is 2.18. The molecule has 0 N–H and O–H groups in total. The number of benzene rings is 1. The first kappa shape index (κ1) is 11.1. The molecular weight excluding hydrogens is 200 g/mol.